The molecule has 3 aromatic carbocycles. The lowest BCUT2D eigenvalue weighted by Gasteiger charge is -2.08. The van der Waals surface area contributed by atoms with E-state index in [1.165, 1.54) is 54.6 Å². The van der Waals surface area contributed by atoms with Crippen LogP contribution in [-0.2, 0) is 4.79 Å². The number of ether oxygens (including phenoxy) is 1. The summed E-state index contributed by atoms with van der Waals surface area (Å²) in [5.41, 5.74) is 0.0417. The standard InChI is InChI=1S/C24H15FN2O5/c25-18-7-4-6-16(13-18)24(31)32-19-8-3-5-15(12-19)11-17(14-26)22(28)27-21-10-2-1-9-20(21)23(29)30/h1-13H,(H,27,28)(H,29,30)/b17-11+. The molecule has 0 spiro atoms. The Morgan fingerprint density at radius 1 is 1.00 bits per heavy atom. The van der Waals surface area contributed by atoms with Gasteiger partial charge in [-0.2, -0.15) is 5.26 Å². The van der Waals surface area contributed by atoms with Gasteiger partial charge in [-0.1, -0.05) is 30.3 Å². The number of carbonyl (C=O) groups excluding carboxylic acids is 2. The number of rotatable bonds is 6. The van der Waals surface area contributed by atoms with Crippen molar-refractivity contribution in [1.82, 2.24) is 0 Å². The Bertz CT molecular complexity index is 1280. The van der Waals surface area contributed by atoms with Gasteiger partial charge < -0.3 is 15.2 Å². The fraction of sp³-hybridized carbons (Fsp3) is 0. The minimum atomic E-state index is -1.23. The van der Waals surface area contributed by atoms with E-state index in [-0.39, 0.29) is 28.1 Å². The fourth-order valence-corrected chi connectivity index (χ4v) is 2.73. The first kappa shape index (κ1) is 21.9. The summed E-state index contributed by atoms with van der Waals surface area (Å²) in [6.45, 7) is 0. The van der Waals surface area contributed by atoms with Crippen LogP contribution in [0.2, 0.25) is 0 Å². The van der Waals surface area contributed by atoms with E-state index < -0.39 is 23.7 Å². The van der Waals surface area contributed by atoms with Crippen molar-refractivity contribution in [2.45, 2.75) is 0 Å². The second-order valence-corrected chi connectivity index (χ2v) is 6.45. The van der Waals surface area contributed by atoms with Gasteiger partial charge in [0.15, 0.2) is 0 Å². The van der Waals surface area contributed by atoms with E-state index in [9.17, 15) is 29.1 Å². The number of anilines is 1. The van der Waals surface area contributed by atoms with Gasteiger partial charge >= 0.3 is 11.9 Å². The van der Waals surface area contributed by atoms with Gasteiger partial charge in [0.25, 0.3) is 5.91 Å². The van der Waals surface area contributed by atoms with Crippen LogP contribution >= 0.6 is 0 Å². The highest BCUT2D eigenvalue weighted by Crippen LogP contribution is 2.20. The molecule has 3 aromatic rings. The van der Waals surface area contributed by atoms with Crippen molar-refractivity contribution in [3.05, 3.63) is 101 Å². The zero-order chi connectivity index (χ0) is 23.1. The average molecular weight is 430 g/mol. The highest BCUT2D eigenvalue weighted by atomic mass is 19.1. The molecule has 0 bridgehead atoms. The molecule has 0 aliphatic carbocycles. The van der Waals surface area contributed by atoms with Gasteiger partial charge in [-0.15, -0.1) is 0 Å². The number of nitrogens with one attached hydrogen (secondary N) is 1. The largest absolute Gasteiger partial charge is 0.478 e. The van der Waals surface area contributed by atoms with Gasteiger partial charge in [-0.3, -0.25) is 4.79 Å². The summed E-state index contributed by atoms with van der Waals surface area (Å²) in [4.78, 5) is 36.0. The summed E-state index contributed by atoms with van der Waals surface area (Å²) in [6, 6.07) is 18.6. The van der Waals surface area contributed by atoms with Crippen LogP contribution in [0.1, 0.15) is 26.3 Å². The SMILES string of the molecule is N#C/C(=C\c1cccc(OC(=O)c2cccc(F)c2)c1)C(=O)Nc1ccccc1C(=O)O. The molecule has 8 heteroatoms. The zero-order valence-corrected chi connectivity index (χ0v) is 16.4. The smallest absolute Gasteiger partial charge is 0.343 e. The third-order valence-electron chi connectivity index (χ3n) is 4.21. The average Bonchev–Trinajstić information content (AvgIpc) is 2.78. The Balaban J connectivity index is 1.79. The summed E-state index contributed by atoms with van der Waals surface area (Å²) < 4.78 is 18.5. The number of benzene rings is 3. The third kappa shape index (κ3) is 5.43. The number of para-hydroxylation sites is 1. The number of hydrogen-bond donors (Lipinski definition) is 2. The van der Waals surface area contributed by atoms with Crippen molar-refractivity contribution in [2.24, 2.45) is 0 Å². The molecule has 2 N–H and O–H groups in total. The first-order valence-corrected chi connectivity index (χ1v) is 9.20. The third-order valence-corrected chi connectivity index (χ3v) is 4.21. The molecule has 0 saturated heterocycles. The topological polar surface area (TPSA) is 116 Å². The number of halogens is 1. The van der Waals surface area contributed by atoms with Gasteiger partial charge in [0.1, 0.15) is 23.2 Å². The molecule has 0 aliphatic rings. The second-order valence-electron chi connectivity index (χ2n) is 6.45. The number of carboxylic acid groups (broad SMARTS) is 1. The maximum absolute atomic E-state index is 13.3. The quantitative estimate of drug-likeness (QED) is 0.261. The van der Waals surface area contributed by atoms with Crippen molar-refractivity contribution in [1.29, 1.82) is 5.26 Å². The van der Waals surface area contributed by atoms with E-state index in [0.29, 0.717) is 5.56 Å². The van der Waals surface area contributed by atoms with Gasteiger partial charge in [-0.25, -0.2) is 14.0 Å². The number of carboxylic acids is 1. The fourth-order valence-electron chi connectivity index (χ4n) is 2.73. The zero-order valence-electron chi connectivity index (χ0n) is 16.4. The molecule has 7 nitrogen and oxygen atoms in total. The molecule has 0 aromatic heterocycles. The summed E-state index contributed by atoms with van der Waals surface area (Å²) in [5.74, 6) is -3.25. The predicted molar refractivity (Wildman–Crippen MR) is 113 cm³/mol. The van der Waals surface area contributed by atoms with Crippen LogP contribution in [0, 0.1) is 17.1 Å². The number of esters is 1. The summed E-state index contributed by atoms with van der Waals surface area (Å²) in [5, 5.41) is 21.0. The highest BCUT2D eigenvalue weighted by Gasteiger charge is 2.15. The molecule has 0 saturated carbocycles. The van der Waals surface area contributed by atoms with Gasteiger partial charge in [0.05, 0.1) is 16.8 Å². The van der Waals surface area contributed by atoms with Gasteiger partial charge in [0.2, 0.25) is 0 Å². The van der Waals surface area contributed by atoms with Gasteiger partial charge in [0, 0.05) is 0 Å². The maximum atomic E-state index is 13.3. The number of amides is 1. The van der Waals surface area contributed by atoms with Gasteiger partial charge in [-0.05, 0) is 54.1 Å². The van der Waals surface area contributed by atoms with Crippen LogP contribution in [0.15, 0.2) is 78.4 Å². The van der Waals surface area contributed by atoms with E-state index in [0.717, 1.165) is 6.07 Å². The first-order valence-electron chi connectivity index (χ1n) is 9.20. The van der Waals surface area contributed by atoms with Crippen molar-refractivity contribution >= 4 is 29.6 Å². The molecule has 0 unspecified atom stereocenters. The van der Waals surface area contributed by atoms with E-state index >= 15 is 0 Å². The number of hydrogen-bond acceptors (Lipinski definition) is 5. The number of nitriles is 1. The molecule has 0 atom stereocenters. The first-order chi connectivity index (χ1) is 15.4. The molecule has 1 amide bonds. The maximum Gasteiger partial charge on any atom is 0.343 e. The highest BCUT2D eigenvalue weighted by molar-refractivity contribution is 6.11. The summed E-state index contributed by atoms with van der Waals surface area (Å²) in [6.07, 6.45) is 1.26. The van der Waals surface area contributed by atoms with Crippen LogP contribution in [-0.4, -0.2) is 23.0 Å². The molecular formula is C24H15FN2O5. The van der Waals surface area contributed by atoms with Crippen molar-refractivity contribution in [3.8, 4) is 11.8 Å². The Kier molecular flexibility index (Phi) is 6.73. The van der Waals surface area contributed by atoms with E-state index in [4.69, 9.17) is 4.74 Å². The monoisotopic (exact) mass is 430 g/mol. The van der Waals surface area contributed by atoms with Crippen LogP contribution in [0.5, 0.6) is 5.75 Å². The molecule has 3 rings (SSSR count). The normalized spacial score (nSPS) is 10.7. The van der Waals surface area contributed by atoms with Crippen LogP contribution in [0.4, 0.5) is 10.1 Å². The Morgan fingerprint density at radius 2 is 1.75 bits per heavy atom. The Hall–Kier alpha value is -4.77. The van der Waals surface area contributed by atoms with Crippen LogP contribution < -0.4 is 10.1 Å². The van der Waals surface area contributed by atoms with E-state index in [2.05, 4.69) is 5.32 Å². The second kappa shape index (κ2) is 9.82. The number of nitrogens with zero attached hydrogens (tertiary/aromatic N) is 1. The van der Waals surface area contributed by atoms with Crippen LogP contribution in [0.3, 0.4) is 0 Å². The Morgan fingerprint density at radius 3 is 2.47 bits per heavy atom. The van der Waals surface area contributed by atoms with E-state index in [1.54, 1.807) is 24.3 Å². The Labute approximate surface area is 182 Å². The molecule has 0 radical (unpaired) electrons. The molecule has 0 heterocycles. The minimum Gasteiger partial charge on any atom is -0.478 e. The number of carbonyl (C=O) groups is 3. The van der Waals surface area contributed by atoms with Crippen molar-refractivity contribution < 1.29 is 28.6 Å². The molecule has 32 heavy (non-hydrogen) atoms. The lowest BCUT2D eigenvalue weighted by molar-refractivity contribution is -0.112. The molecule has 158 valence electrons. The molecule has 0 aliphatic heterocycles. The lowest BCUT2D eigenvalue weighted by atomic mass is 10.1. The number of aromatic carboxylic acids is 1. The van der Waals surface area contributed by atoms with Crippen molar-refractivity contribution in [2.75, 3.05) is 5.32 Å². The summed E-state index contributed by atoms with van der Waals surface area (Å²) in [7, 11) is 0. The lowest BCUT2D eigenvalue weighted by Crippen LogP contribution is -2.16. The van der Waals surface area contributed by atoms with Crippen LogP contribution in [0.25, 0.3) is 6.08 Å². The van der Waals surface area contributed by atoms with E-state index in [1.807, 2.05) is 0 Å². The molecule has 0 fully saturated rings. The minimum absolute atomic E-state index is 0.0279. The summed E-state index contributed by atoms with van der Waals surface area (Å²) >= 11 is 0. The van der Waals surface area contributed by atoms with Crippen molar-refractivity contribution in [3.63, 3.8) is 0 Å². The molecular weight excluding hydrogens is 415 g/mol. The predicted octanol–water partition coefficient (Wildman–Crippen LogP) is 4.29.